The molecule has 0 N–H and O–H groups in total. The summed E-state index contributed by atoms with van der Waals surface area (Å²) >= 11 is 0. The Morgan fingerprint density at radius 1 is 1.47 bits per heavy atom. The van der Waals surface area contributed by atoms with Crippen molar-refractivity contribution in [2.24, 2.45) is 0 Å². The minimum Gasteiger partial charge on any atom is -0.490 e. The molecule has 0 aromatic carbocycles. The Bertz CT molecular complexity index is 300. The average Bonchev–Trinajstić information content (AvgIpc) is 2.25. The van der Waals surface area contributed by atoms with Crippen LogP contribution in [0.4, 0.5) is 0 Å². The summed E-state index contributed by atoms with van der Waals surface area (Å²) in [5, 5.41) is 0. The summed E-state index contributed by atoms with van der Waals surface area (Å²) in [6, 6.07) is 0. The fraction of sp³-hybridized carbons (Fsp3) is 0.417. The van der Waals surface area contributed by atoms with Crippen molar-refractivity contribution in [1.82, 2.24) is 0 Å². The lowest BCUT2D eigenvalue weighted by Crippen LogP contribution is -2.10. The highest BCUT2D eigenvalue weighted by Crippen LogP contribution is 2.10. The highest BCUT2D eigenvalue weighted by molar-refractivity contribution is 5.86. The number of carbonyl (C=O) groups excluding carboxylic acids is 1. The molecule has 0 aromatic rings. The number of ether oxygens (including phenoxy) is 2. The summed E-state index contributed by atoms with van der Waals surface area (Å²) in [5.74, 6) is 0.486. The maximum atomic E-state index is 11.0. The van der Waals surface area contributed by atoms with Crippen LogP contribution in [0.5, 0.6) is 0 Å². The largest absolute Gasteiger partial charge is 0.490 e. The highest BCUT2D eigenvalue weighted by atomic mass is 16.6. The second-order valence-electron chi connectivity index (χ2n) is 3.35. The predicted octanol–water partition coefficient (Wildman–Crippen LogP) is 2.36. The van der Waals surface area contributed by atoms with Gasteiger partial charge in [-0.15, -0.1) is 0 Å². The molecule has 0 aromatic heterocycles. The molecule has 3 nitrogen and oxygen atoms in total. The average molecular weight is 208 g/mol. The summed E-state index contributed by atoms with van der Waals surface area (Å²) in [4.78, 5) is 11.0. The van der Waals surface area contributed by atoms with Gasteiger partial charge in [0.05, 0.1) is 0 Å². The molecular weight excluding hydrogens is 192 g/mol. The first-order valence-corrected chi connectivity index (χ1v) is 5.02. The van der Waals surface area contributed by atoms with Crippen molar-refractivity contribution in [1.29, 1.82) is 0 Å². The molecule has 0 radical (unpaired) electrons. The van der Waals surface area contributed by atoms with E-state index in [0.29, 0.717) is 12.2 Å². The fourth-order valence-corrected chi connectivity index (χ4v) is 1.11. The molecular formula is C12H16O3. The van der Waals surface area contributed by atoms with Crippen molar-refractivity contribution in [3.8, 4) is 0 Å². The van der Waals surface area contributed by atoms with Crippen molar-refractivity contribution in [2.45, 2.75) is 19.8 Å². The Hall–Kier alpha value is -1.51. The van der Waals surface area contributed by atoms with Gasteiger partial charge >= 0.3 is 5.97 Å². The zero-order valence-corrected chi connectivity index (χ0v) is 8.99. The Labute approximate surface area is 90.1 Å². The molecule has 82 valence electrons. The molecule has 0 aliphatic heterocycles. The number of hydrogen-bond acceptors (Lipinski definition) is 3. The Balaban J connectivity index is 2.11. The third kappa shape index (κ3) is 4.49. The Morgan fingerprint density at radius 3 is 2.87 bits per heavy atom. The topological polar surface area (TPSA) is 35.5 Å². The molecule has 0 atom stereocenters. The van der Waals surface area contributed by atoms with E-state index in [0.717, 1.165) is 18.6 Å². The SMILES string of the molecule is C=C(C)C(=O)OCCOC1=CCCC=C1. The summed E-state index contributed by atoms with van der Waals surface area (Å²) in [7, 11) is 0. The molecule has 1 rings (SSSR count). The molecule has 0 bridgehead atoms. The second kappa shape index (κ2) is 6.06. The van der Waals surface area contributed by atoms with Gasteiger partial charge in [-0.25, -0.2) is 4.79 Å². The molecule has 0 saturated carbocycles. The molecule has 0 unspecified atom stereocenters. The van der Waals surface area contributed by atoms with Gasteiger partial charge in [-0.1, -0.05) is 12.7 Å². The van der Waals surface area contributed by atoms with Gasteiger partial charge in [0.25, 0.3) is 0 Å². The summed E-state index contributed by atoms with van der Waals surface area (Å²) in [6.07, 6.45) is 8.11. The fourth-order valence-electron chi connectivity index (χ4n) is 1.11. The van der Waals surface area contributed by atoms with Crippen LogP contribution in [0.2, 0.25) is 0 Å². The van der Waals surface area contributed by atoms with Crippen LogP contribution in [0.3, 0.4) is 0 Å². The van der Waals surface area contributed by atoms with E-state index in [1.165, 1.54) is 0 Å². The predicted molar refractivity (Wildman–Crippen MR) is 58.2 cm³/mol. The lowest BCUT2D eigenvalue weighted by atomic mass is 10.2. The summed E-state index contributed by atoms with van der Waals surface area (Å²) < 4.78 is 10.3. The highest BCUT2D eigenvalue weighted by Gasteiger charge is 2.03. The van der Waals surface area contributed by atoms with Crippen molar-refractivity contribution < 1.29 is 14.3 Å². The third-order valence-electron chi connectivity index (χ3n) is 1.89. The molecule has 15 heavy (non-hydrogen) atoms. The van der Waals surface area contributed by atoms with Crippen LogP contribution >= 0.6 is 0 Å². The number of rotatable bonds is 5. The van der Waals surface area contributed by atoms with Gasteiger partial charge in [0.15, 0.2) is 0 Å². The first-order chi connectivity index (χ1) is 7.20. The molecule has 3 heteroatoms. The van der Waals surface area contributed by atoms with Crippen LogP contribution in [0.15, 0.2) is 36.1 Å². The molecule has 0 spiro atoms. The molecule has 1 aliphatic rings. The maximum absolute atomic E-state index is 11.0. The molecule has 0 fully saturated rings. The monoisotopic (exact) mass is 208 g/mol. The van der Waals surface area contributed by atoms with Crippen molar-refractivity contribution in [3.05, 3.63) is 36.1 Å². The number of allylic oxidation sites excluding steroid dienone is 3. The summed E-state index contributed by atoms with van der Waals surface area (Å²) in [6.45, 7) is 5.75. The minimum absolute atomic E-state index is 0.261. The van der Waals surface area contributed by atoms with Gasteiger partial charge in [0.2, 0.25) is 0 Å². The zero-order chi connectivity index (χ0) is 11.1. The van der Waals surface area contributed by atoms with Crippen LogP contribution in [-0.4, -0.2) is 19.2 Å². The van der Waals surface area contributed by atoms with Crippen LogP contribution in [0.1, 0.15) is 19.8 Å². The minimum atomic E-state index is -0.369. The van der Waals surface area contributed by atoms with E-state index < -0.39 is 0 Å². The van der Waals surface area contributed by atoms with E-state index in [9.17, 15) is 4.79 Å². The van der Waals surface area contributed by atoms with Crippen molar-refractivity contribution in [3.63, 3.8) is 0 Å². The first-order valence-electron chi connectivity index (χ1n) is 5.02. The van der Waals surface area contributed by atoms with Crippen LogP contribution in [0.25, 0.3) is 0 Å². The van der Waals surface area contributed by atoms with Crippen LogP contribution in [0, 0.1) is 0 Å². The standard InChI is InChI=1S/C12H16O3/c1-10(2)12(13)15-9-8-14-11-6-4-3-5-7-11/h4,6-7H,1,3,5,8-9H2,2H3. The van der Waals surface area contributed by atoms with E-state index in [1.807, 2.05) is 12.2 Å². The lowest BCUT2D eigenvalue weighted by Gasteiger charge is -2.10. The van der Waals surface area contributed by atoms with Gasteiger partial charge in [-0.05, 0) is 31.9 Å². The molecule has 0 saturated heterocycles. The maximum Gasteiger partial charge on any atom is 0.333 e. The normalized spacial score (nSPS) is 14.3. The van der Waals surface area contributed by atoms with Gasteiger partial charge in [0, 0.05) is 5.57 Å². The second-order valence-corrected chi connectivity index (χ2v) is 3.35. The molecule has 0 amide bonds. The van der Waals surface area contributed by atoms with E-state index in [1.54, 1.807) is 6.92 Å². The summed E-state index contributed by atoms with van der Waals surface area (Å²) in [5.41, 5.74) is 0.409. The van der Waals surface area contributed by atoms with Gasteiger partial charge in [0.1, 0.15) is 19.0 Å². The smallest absolute Gasteiger partial charge is 0.333 e. The van der Waals surface area contributed by atoms with Crippen molar-refractivity contribution in [2.75, 3.05) is 13.2 Å². The third-order valence-corrected chi connectivity index (χ3v) is 1.89. The number of carbonyl (C=O) groups is 1. The zero-order valence-electron chi connectivity index (χ0n) is 8.99. The van der Waals surface area contributed by atoms with Gasteiger partial charge < -0.3 is 9.47 Å². The van der Waals surface area contributed by atoms with Gasteiger partial charge in [-0.2, -0.15) is 0 Å². The quantitative estimate of drug-likeness (QED) is 0.395. The molecule has 0 heterocycles. The van der Waals surface area contributed by atoms with E-state index in [4.69, 9.17) is 9.47 Å². The van der Waals surface area contributed by atoms with Crippen LogP contribution in [-0.2, 0) is 14.3 Å². The van der Waals surface area contributed by atoms with E-state index >= 15 is 0 Å². The number of esters is 1. The number of hydrogen-bond donors (Lipinski definition) is 0. The van der Waals surface area contributed by atoms with Crippen LogP contribution < -0.4 is 0 Å². The van der Waals surface area contributed by atoms with Gasteiger partial charge in [-0.3, -0.25) is 0 Å². The van der Waals surface area contributed by atoms with E-state index in [-0.39, 0.29) is 12.6 Å². The Morgan fingerprint density at radius 2 is 2.27 bits per heavy atom. The Kier molecular flexibility index (Phi) is 4.68. The van der Waals surface area contributed by atoms with E-state index in [2.05, 4.69) is 12.7 Å². The van der Waals surface area contributed by atoms with Crippen molar-refractivity contribution >= 4 is 5.97 Å². The molecule has 1 aliphatic carbocycles. The lowest BCUT2D eigenvalue weighted by molar-refractivity contribution is -0.140. The first kappa shape index (κ1) is 11.6.